The third-order valence-electron chi connectivity index (χ3n) is 1.43. The average molecular weight is 210 g/mol. The quantitative estimate of drug-likeness (QED) is 0.457. The minimum atomic E-state index is -1.39. The van der Waals surface area contributed by atoms with Crippen molar-refractivity contribution in [3.63, 3.8) is 0 Å². The molecule has 0 bridgehead atoms. The smallest absolute Gasteiger partial charge is 0.545 e. The zero-order valence-corrected chi connectivity index (χ0v) is 10.6. The van der Waals surface area contributed by atoms with Crippen molar-refractivity contribution in [1.82, 2.24) is 0 Å². The van der Waals surface area contributed by atoms with Crippen molar-refractivity contribution in [2.45, 2.75) is 0 Å². The molecule has 1 aromatic rings. The van der Waals surface area contributed by atoms with Gasteiger partial charge in [0, 0.05) is 0 Å². The maximum atomic E-state index is 10.4. The van der Waals surface area contributed by atoms with Crippen molar-refractivity contribution < 1.29 is 61.3 Å². The Morgan fingerprint density at radius 3 is 1.86 bits per heavy atom. The monoisotopic (exact) mass is 210 g/mol. The molecule has 5 heteroatoms. The molecule has 0 saturated heterocycles. The molecule has 1 rings (SSSR count). The van der Waals surface area contributed by atoms with E-state index in [1.807, 2.05) is 0 Å². The van der Waals surface area contributed by atoms with E-state index < -0.39 is 5.97 Å². The first-order valence-electron chi connectivity index (χ1n) is 3.34. The van der Waals surface area contributed by atoms with Crippen LogP contribution in [0.25, 0.3) is 0 Å². The first-order valence-corrected chi connectivity index (χ1v) is 3.34. The Balaban J connectivity index is 0.00000169. The second kappa shape index (κ2) is 5.92. The number of hydrogen-bond donors (Lipinski definition) is 0. The van der Waals surface area contributed by atoms with Gasteiger partial charge in [-0.15, -0.1) is 0 Å². The number of aromatic carboxylic acids is 1. The van der Waals surface area contributed by atoms with Crippen LogP contribution in [0.4, 0.5) is 0 Å². The summed E-state index contributed by atoms with van der Waals surface area (Å²) in [4.78, 5) is 10.4. The second-order valence-corrected chi connectivity index (χ2v) is 2.31. The Hall–Kier alpha value is -0.694. The molecule has 0 amide bonds. The van der Waals surface area contributed by atoms with Crippen molar-refractivity contribution in [3.8, 4) is 12.1 Å². The number of nitrogens with zero attached hydrogens (tertiary/aromatic N) is 2. The molecule has 14 heavy (non-hydrogen) atoms. The maximum Gasteiger partial charge on any atom is 1.00 e. The second-order valence-electron chi connectivity index (χ2n) is 2.31. The van der Waals surface area contributed by atoms with E-state index in [0.717, 1.165) is 12.1 Å². The van der Waals surface area contributed by atoms with Gasteiger partial charge in [0.15, 0.2) is 0 Å². The molecule has 0 aliphatic heterocycles. The summed E-state index contributed by atoms with van der Waals surface area (Å²) < 4.78 is 0. The predicted octanol–water partition coefficient (Wildman–Crippen LogP) is -3.20. The molecule has 0 unspecified atom stereocenters. The van der Waals surface area contributed by atoms with Crippen LogP contribution in [0, 0.1) is 22.7 Å². The van der Waals surface area contributed by atoms with E-state index in [2.05, 4.69) is 0 Å². The summed E-state index contributed by atoms with van der Waals surface area (Å²) in [7, 11) is 0. The number of carboxylic acid groups (broad SMARTS) is 1. The summed E-state index contributed by atoms with van der Waals surface area (Å²) in [6.07, 6.45) is 0. The van der Waals surface area contributed by atoms with Gasteiger partial charge >= 0.3 is 51.4 Å². The van der Waals surface area contributed by atoms with Gasteiger partial charge in [0.1, 0.15) is 0 Å². The van der Waals surface area contributed by atoms with E-state index in [4.69, 9.17) is 10.5 Å². The van der Waals surface area contributed by atoms with Crippen LogP contribution in [0.1, 0.15) is 21.5 Å². The molecule has 0 aliphatic carbocycles. The summed E-state index contributed by atoms with van der Waals surface area (Å²) in [6, 6.07) is 7.15. The number of hydrogen-bond acceptors (Lipinski definition) is 4. The van der Waals surface area contributed by atoms with Crippen LogP contribution >= 0.6 is 0 Å². The number of carbonyl (C=O) groups excluding carboxylic acids is 1. The summed E-state index contributed by atoms with van der Waals surface area (Å²) in [5, 5.41) is 27.4. The van der Waals surface area contributed by atoms with Gasteiger partial charge in [-0.1, -0.05) is 0 Å². The molecule has 0 aliphatic rings. The minimum absolute atomic E-state index is 0. The molecular weight excluding hydrogens is 207 g/mol. The molecular formula is C9H3KN2O2. The first kappa shape index (κ1) is 13.3. The van der Waals surface area contributed by atoms with Crippen molar-refractivity contribution in [2.75, 3.05) is 0 Å². The van der Waals surface area contributed by atoms with Gasteiger partial charge in [0.05, 0.1) is 29.2 Å². The van der Waals surface area contributed by atoms with E-state index in [1.54, 1.807) is 12.1 Å². The number of carbonyl (C=O) groups is 1. The zero-order valence-electron chi connectivity index (χ0n) is 7.44. The van der Waals surface area contributed by atoms with E-state index in [-0.39, 0.29) is 68.1 Å². The minimum Gasteiger partial charge on any atom is -0.545 e. The van der Waals surface area contributed by atoms with Crippen molar-refractivity contribution in [2.24, 2.45) is 0 Å². The molecule has 0 radical (unpaired) electrons. The Labute approximate surface area is 123 Å². The topological polar surface area (TPSA) is 87.7 Å². The van der Waals surface area contributed by atoms with Crippen LogP contribution in [0.2, 0.25) is 0 Å². The van der Waals surface area contributed by atoms with Crippen LogP contribution in [-0.4, -0.2) is 5.97 Å². The molecule has 0 heterocycles. The molecule has 0 saturated carbocycles. The summed E-state index contributed by atoms with van der Waals surface area (Å²) in [6.45, 7) is 0. The van der Waals surface area contributed by atoms with Crippen LogP contribution in [0.15, 0.2) is 18.2 Å². The van der Waals surface area contributed by atoms with Gasteiger partial charge < -0.3 is 9.90 Å². The van der Waals surface area contributed by atoms with Crippen LogP contribution in [0.5, 0.6) is 0 Å². The fourth-order valence-corrected chi connectivity index (χ4v) is 0.875. The molecule has 0 fully saturated rings. The SMILES string of the molecule is N#Cc1cc(C#N)cc(C(=O)[O-])c1.[K+]. The van der Waals surface area contributed by atoms with Crippen molar-refractivity contribution in [1.29, 1.82) is 10.5 Å². The fraction of sp³-hybridized carbons (Fsp3) is 0. The van der Waals surface area contributed by atoms with Gasteiger partial charge in [0.2, 0.25) is 0 Å². The molecule has 0 spiro atoms. The molecule has 4 nitrogen and oxygen atoms in total. The molecule has 0 aromatic heterocycles. The predicted molar refractivity (Wildman–Crippen MR) is 40.2 cm³/mol. The number of nitriles is 2. The summed E-state index contributed by atoms with van der Waals surface area (Å²) in [5.74, 6) is -1.39. The third kappa shape index (κ3) is 3.22. The Bertz CT molecular complexity index is 411. The maximum absolute atomic E-state index is 10.4. The van der Waals surface area contributed by atoms with Gasteiger partial charge in [-0.2, -0.15) is 10.5 Å². The normalized spacial score (nSPS) is 7.86. The average Bonchev–Trinajstić information content (AvgIpc) is 2.16. The standard InChI is InChI=1S/C9H4N2O2.K/c10-4-6-1-7(5-11)3-8(2-6)9(12)13;/h1-3H,(H,12,13);/q;+1/p-1. The molecule has 62 valence electrons. The number of benzene rings is 1. The van der Waals surface area contributed by atoms with Crippen LogP contribution in [0.3, 0.4) is 0 Å². The van der Waals surface area contributed by atoms with Gasteiger partial charge in [-0.3, -0.25) is 0 Å². The Morgan fingerprint density at radius 2 is 1.57 bits per heavy atom. The fourth-order valence-electron chi connectivity index (χ4n) is 0.875. The van der Waals surface area contributed by atoms with Gasteiger partial charge in [-0.25, -0.2) is 0 Å². The van der Waals surface area contributed by atoms with Crippen LogP contribution in [-0.2, 0) is 0 Å². The Morgan fingerprint density at radius 1 is 1.14 bits per heavy atom. The number of carboxylic acids is 1. The van der Waals surface area contributed by atoms with Crippen molar-refractivity contribution >= 4 is 5.97 Å². The van der Waals surface area contributed by atoms with E-state index in [9.17, 15) is 9.90 Å². The zero-order chi connectivity index (χ0) is 9.84. The third-order valence-corrected chi connectivity index (χ3v) is 1.43. The largest absolute Gasteiger partial charge is 1.00 e. The van der Waals surface area contributed by atoms with Crippen molar-refractivity contribution in [3.05, 3.63) is 34.9 Å². The van der Waals surface area contributed by atoms with E-state index in [0.29, 0.717) is 0 Å². The van der Waals surface area contributed by atoms with E-state index >= 15 is 0 Å². The summed E-state index contributed by atoms with van der Waals surface area (Å²) in [5.41, 5.74) is 0.118. The van der Waals surface area contributed by atoms with Crippen LogP contribution < -0.4 is 56.5 Å². The number of rotatable bonds is 1. The molecule has 0 atom stereocenters. The van der Waals surface area contributed by atoms with Gasteiger partial charge in [-0.05, 0) is 23.8 Å². The first-order chi connectivity index (χ1) is 6.17. The summed E-state index contributed by atoms with van der Waals surface area (Å²) >= 11 is 0. The van der Waals surface area contributed by atoms with E-state index in [1.165, 1.54) is 6.07 Å². The molecule has 0 N–H and O–H groups in total. The molecule has 1 aromatic carbocycles. The van der Waals surface area contributed by atoms with Gasteiger partial charge in [0.25, 0.3) is 0 Å². The Kier molecular flexibility index (Phi) is 5.62.